The maximum absolute atomic E-state index is 9.37. The van der Waals surface area contributed by atoms with Gasteiger partial charge >= 0.3 is 0 Å². The molecule has 80 valence electrons. The van der Waals surface area contributed by atoms with Crippen molar-refractivity contribution in [2.24, 2.45) is 0 Å². The first kappa shape index (κ1) is 10.6. The van der Waals surface area contributed by atoms with Crippen LogP contribution >= 0.6 is 11.3 Å². The summed E-state index contributed by atoms with van der Waals surface area (Å²) in [5.41, 5.74) is 0.757. The lowest BCUT2D eigenvalue weighted by Gasteiger charge is -2.28. The molecule has 0 aromatic carbocycles. The summed E-state index contributed by atoms with van der Waals surface area (Å²) in [5.74, 6) is 0. The van der Waals surface area contributed by atoms with Crippen LogP contribution in [-0.4, -0.2) is 29.2 Å². The number of piperidine rings is 1. The standard InChI is InChI=1S/C11H14N2OS/c12-6-9-5-11(15-8-9)7-13-3-1-10(14)2-4-13/h5,8,10,14H,1-4,7H2. The van der Waals surface area contributed by atoms with E-state index in [1.165, 1.54) is 4.88 Å². The van der Waals surface area contributed by atoms with Gasteiger partial charge in [0, 0.05) is 29.9 Å². The van der Waals surface area contributed by atoms with Gasteiger partial charge in [0.2, 0.25) is 0 Å². The number of aliphatic hydroxyl groups is 1. The van der Waals surface area contributed by atoms with Crippen LogP contribution in [0, 0.1) is 11.3 Å². The molecule has 1 fully saturated rings. The Morgan fingerprint density at radius 1 is 1.53 bits per heavy atom. The van der Waals surface area contributed by atoms with Crippen LogP contribution in [0.25, 0.3) is 0 Å². The third kappa shape index (κ3) is 2.78. The minimum absolute atomic E-state index is 0.112. The van der Waals surface area contributed by atoms with E-state index in [1.807, 2.05) is 11.4 Å². The zero-order valence-electron chi connectivity index (χ0n) is 8.52. The number of likely N-dealkylation sites (tertiary alicyclic amines) is 1. The summed E-state index contributed by atoms with van der Waals surface area (Å²) in [6, 6.07) is 4.10. The second-order valence-corrected chi connectivity index (χ2v) is 4.92. The number of nitriles is 1. The summed E-state index contributed by atoms with van der Waals surface area (Å²) in [7, 11) is 0. The molecule has 15 heavy (non-hydrogen) atoms. The van der Waals surface area contributed by atoms with Crippen LogP contribution in [0.5, 0.6) is 0 Å². The highest BCUT2D eigenvalue weighted by molar-refractivity contribution is 7.10. The molecule has 0 radical (unpaired) electrons. The summed E-state index contributed by atoms with van der Waals surface area (Å²) in [4.78, 5) is 3.57. The molecule has 0 aliphatic carbocycles. The topological polar surface area (TPSA) is 47.3 Å². The van der Waals surface area contributed by atoms with E-state index in [-0.39, 0.29) is 6.10 Å². The second-order valence-electron chi connectivity index (χ2n) is 3.92. The fourth-order valence-electron chi connectivity index (χ4n) is 1.82. The predicted molar refractivity (Wildman–Crippen MR) is 59.6 cm³/mol. The Morgan fingerprint density at radius 2 is 2.27 bits per heavy atom. The van der Waals surface area contributed by atoms with Gasteiger partial charge in [-0.25, -0.2) is 0 Å². The van der Waals surface area contributed by atoms with E-state index in [0.717, 1.165) is 38.0 Å². The highest BCUT2D eigenvalue weighted by Gasteiger charge is 2.17. The van der Waals surface area contributed by atoms with Gasteiger partial charge in [-0.15, -0.1) is 11.3 Å². The van der Waals surface area contributed by atoms with Crippen LogP contribution in [0.3, 0.4) is 0 Å². The highest BCUT2D eigenvalue weighted by Crippen LogP contribution is 2.18. The molecule has 0 saturated carbocycles. The Labute approximate surface area is 93.6 Å². The van der Waals surface area contributed by atoms with Crippen LogP contribution < -0.4 is 0 Å². The molecule has 1 aliphatic rings. The maximum Gasteiger partial charge on any atom is 0.100 e. The van der Waals surface area contributed by atoms with Crippen molar-refractivity contribution in [1.29, 1.82) is 5.26 Å². The quantitative estimate of drug-likeness (QED) is 0.826. The average Bonchev–Trinajstić information content (AvgIpc) is 2.69. The SMILES string of the molecule is N#Cc1csc(CN2CCC(O)CC2)c1. The third-order valence-electron chi connectivity index (χ3n) is 2.72. The Hall–Kier alpha value is -0.890. The fourth-order valence-corrected chi connectivity index (χ4v) is 2.67. The Kier molecular flexibility index (Phi) is 3.37. The lowest BCUT2D eigenvalue weighted by molar-refractivity contribution is 0.0797. The smallest absolute Gasteiger partial charge is 0.100 e. The number of aliphatic hydroxyl groups excluding tert-OH is 1. The molecule has 0 spiro atoms. The molecule has 0 amide bonds. The van der Waals surface area contributed by atoms with Gasteiger partial charge in [0.05, 0.1) is 11.7 Å². The number of nitrogens with zero attached hydrogens (tertiary/aromatic N) is 2. The number of rotatable bonds is 2. The van der Waals surface area contributed by atoms with Gasteiger partial charge in [0.1, 0.15) is 6.07 Å². The van der Waals surface area contributed by atoms with Crippen molar-refractivity contribution in [2.75, 3.05) is 13.1 Å². The predicted octanol–water partition coefficient (Wildman–Crippen LogP) is 1.58. The largest absolute Gasteiger partial charge is 0.393 e. The first-order valence-corrected chi connectivity index (χ1v) is 6.04. The molecule has 1 saturated heterocycles. The Morgan fingerprint density at radius 3 is 2.87 bits per heavy atom. The van der Waals surface area contributed by atoms with Gasteiger partial charge < -0.3 is 5.11 Å². The molecule has 4 heteroatoms. The van der Waals surface area contributed by atoms with Gasteiger partial charge in [0.15, 0.2) is 0 Å². The van der Waals surface area contributed by atoms with Crippen LogP contribution in [-0.2, 0) is 6.54 Å². The van der Waals surface area contributed by atoms with Crippen LogP contribution in [0.2, 0.25) is 0 Å². The molecule has 2 heterocycles. The highest BCUT2D eigenvalue weighted by atomic mass is 32.1. The summed E-state index contributed by atoms with van der Waals surface area (Å²) < 4.78 is 0. The van der Waals surface area contributed by atoms with E-state index in [2.05, 4.69) is 11.0 Å². The zero-order valence-corrected chi connectivity index (χ0v) is 9.33. The molecule has 1 aromatic rings. The van der Waals surface area contributed by atoms with E-state index in [9.17, 15) is 5.11 Å². The van der Waals surface area contributed by atoms with Gasteiger partial charge in [-0.05, 0) is 18.9 Å². The Balaban J connectivity index is 1.89. The van der Waals surface area contributed by atoms with E-state index in [4.69, 9.17) is 5.26 Å². The molecule has 0 unspecified atom stereocenters. The summed E-state index contributed by atoms with van der Waals surface area (Å²) >= 11 is 1.64. The number of thiophene rings is 1. The first-order chi connectivity index (χ1) is 7.28. The van der Waals surface area contributed by atoms with E-state index in [1.54, 1.807) is 11.3 Å². The van der Waals surface area contributed by atoms with E-state index >= 15 is 0 Å². The minimum Gasteiger partial charge on any atom is -0.393 e. The molecule has 1 aliphatic heterocycles. The van der Waals surface area contributed by atoms with Gasteiger partial charge in [-0.2, -0.15) is 5.26 Å². The van der Waals surface area contributed by atoms with Crippen molar-refractivity contribution in [3.8, 4) is 6.07 Å². The normalized spacial score (nSPS) is 18.9. The third-order valence-corrected chi connectivity index (χ3v) is 3.64. The van der Waals surface area contributed by atoms with E-state index in [0.29, 0.717) is 0 Å². The minimum atomic E-state index is -0.112. The summed E-state index contributed by atoms with van der Waals surface area (Å²) in [6.45, 7) is 2.83. The molecular formula is C11H14N2OS. The van der Waals surface area contributed by atoms with Gasteiger partial charge in [-0.3, -0.25) is 4.90 Å². The number of hydrogen-bond donors (Lipinski definition) is 1. The lowest BCUT2D eigenvalue weighted by atomic mass is 10.1. The molecule has 0 atom stereocenters. The second kappa shape index (κ2) is 4.75. The molecule has 2 rings (SSSR count). The van der Waals surface area contributed by atoms with Crippen molar-refractivity contribution in [3.05, 3.63) is 21.9 Å². The summed E-state index contributed by atoms with van der Waals surface area (Å²) in [5, 5.41) is 20.0. The van der Waals surface area contributed by atoms with Gasteiger partial charge in [-0.1, -0.05) is 0 Å². The average molecular weight is 222 g/mol. The summed E-state index contributed by atoms with van der Waals surface area (Å²) in [6.07, 6.45) is 1.63. The zero-order chi connectivity index (χ0) is 10.7. The van der Waals surface area contributed by atoms with Crippen molar-refractivity contribution < 1.29 is 5.11 Å². The fraction of sp³-hybridized carbons (Fsp3) is 0.545. The Bertz CT molecular complexity index is 361. The molecule has 1 N–H and O–H groups in total. The lowest BCUT2D eigenvalue weighted by Crippen LogP contribution is -2.35. The monoisotopic (exact) mass is 222 g/mol. The van der Waals surface area contributed by atoms with Crippen LogP contribution in [0.4, 0.5) is 0 Å². The van der Waals surface area contributed by atoms with Crippen LogP contribution in [0.15, 0.2) is 11.4 Å². The first-order valence-electron chi connectivity index (χ1n) is 5.16. The van der Waals surface area contributed by atoms with E-state index < -0.39 is 0 Å². The molecule has 3 nitrogen and oxygen atoms in total. The molecule has 1 aromatic heterocycles. The van der Waals surface area contributed by atoms with Gasteiger partial charge in [0.25, 0.3) is 0 Å². The maximum atomic E-state index is 9.37. The van der Waals surface area contributed by atoms with Crippen molar-refractivity contribution in [1.82, 2.24) is 4.90 Å². The molecule has 0 bridgehead atoms. The van der Waals surface area contributed by atoms with Crippen molar-refractivity contribution in [2.45, 2.75) is 25.5 Å². The number of hydrogen-bond acceptors (Lipinski definition) is 4. The van der Waals surface area contributed by atoms with Crippen molar-refractivity contribution in [3.63, 3.8) is 0 Å². The van der Waals surface area contributed by atoms with Crippen molar-refractivity contribution >= 4 is 11.3 Å². The van der Waals surface area contributed by atoms with Crippen LogP contribution in [0.1, 0.15) is 23.3 Å². The molecular weight excluding hydrogens is 208 g/mol.